The Hall–Kier alpha value is 0.0200. The van der Waals surface area contributed by atoms with Crippen molar-refractivity contribution in [2.45, 2.75) is 26.7 Å². The second-order valence-corrected chi connectivity index (χ2v) is 4.77. The van der Waals surface area contributed by atoms with Crippen molar-refractivity contribution in [1.29, 1.82) is 0 Å². The largest absolute Gasteiger partial charge is 0.299 e. The van der Waals surface area contributed by atoms with E-state index in [0.717, 1.165) is 24.3 Å². The molecule has 1 fully saturated rings. The topological polar surface area (TPSA) is 17.1 Å². The van der Waals surface area contributed by atoms with Crippen molar-refractivity contribution >= 4 is 17.5 Å². The highest BCUT2D eigenvalue weighted by Crippen LogP contribution is 2.24. The molecular formula is C9H16OS. The summed E-state index contributed by atoms with van der Waals surface area (Å²) in [5.41, 5.74) is 0. The zero-order chi connectivity index (χ0) is 8.27. The average molecular weight is 172 g/mol. The Balaban J connectivity index is 2.36. The van der Waals surface area contributed by atoms with E-state index in [0.29, 0.717) is 17.6 Å². The quantitative estimate of drug-likeness (QED) is 0.636. The Morgan fingerprint density at radius 3 is 2.91 bits per heavy atom. The normalized spacial score (nSPS) is 26.1. The van der Waals surface area contributed by atoms with Crippen LogP contribution < -0.4 is 0 Å². The SMILES string of the molecule is CC(C)CC1CSCCC1=O. The summed E-state index contributed by atoms with van der Waals surface area (Å²) in [6.07, 6.45) is 1.90. The van der Waals surface area contributed by atoms with E-state index in [2.05, 4.69) is 13.8 Å². The van der Waals surface area contributed by atoms with Crippen LogP contribution in [0.15, 0.2) is 0 Å². The van der Waals surface area contributed by atoms with E-state index in [1.54, 1.807) is 0 Å². The Kier molecular flexibility index (Phi) is 3.44. The molecule has 0 amide bonds. The number of carbonyl (C=O) groups excluding carboxylic acids is 1. The molecule has 64 valence electrons. The maximum Gasteiger partial charge on any atom is 0.137 e. The van der Waals surface area contributed by atoms with Crippen molar-refractivity contribution < 1.29 is 4.79 Å². The van der Waals surface area contributed by atoms with Gasteiger partial charge in [-0.3, -0.25) is 4.79 Å². The van der Waals surface area contributed by atoms with E-state index < -0.39 is 0 Å². The molecule has 1 saturated heterocycles. The minimum atomic E-state index is 0.369. The highest BCUT2D eigenvalue weighted by molar-refractivity contribution is 7.99. The van der Waals surface area contributed by atoms with Crippen molar-refractivity contribution in [1.82, 2.24) is 0 Å². The van der Waals surface area contributed by atoms with Crippen LogP contribution >= 0.6 is 11.8 Å². The summed E-state index contributed by atoms with van der Waals surface area (Å²) in [7, 11) is 0. The van der Waals surface area contributed by atoms with Gasteiger partial charge in [-0.05, 0) is 12.3 Å². The van der Waals surface area contributed by atoms with Gasteiger partial charge in [-0.1, -0.05) is 13.8 Å². The van der Waals surface area contributed by atoms with Gasteiger partial charge >= 0.3 is 0 Å². The summed E-state index contributed by atoms with van der Waals surface area (Å²) >= 11 is 1.93. The van der Waals surface area contributed by atoms with Gasteiger partial charge < -0.3 is 0 Å². The molecule has 0 saturated carbocycles. The maximum atomic E-state index is 11.3. The van der Waals surface area contributed by atoms with E-state index in [1.165, 1.54) is 0 Å². The van der Waals surface area contributed by atoms with E-state index in [9.17, 15) is 4.79 Å². The summed E-state index contributed by atoms with van der Waals surface area (Å²) in [4.78, 5) is 11.3. The third-order valence-corrected chi connectivity index (χ3v) is 3.15. The predicted molar refractivity (Wildman–Crippen MR) is 49.9 cm³/mol. The summed E-state index contributed by atoms with van der Waals surface area (Å²) in [6, 6.07) is 0. The van der Waals surface area contributed by atoms with Gasteiger partial charge in [-0.2, -0.15) is 11.8 Å². The van der Waals surface area contributed by atoms with Crippen LogP contribution in [0.2, 0.25) is 0 Å². The average Bonchev–Trinajstić information content (AvgIpc) is 1.93. The molecule has 1 atom stereocenters. The molecule has 0 aromatic heterocycles. The molecule has 0 aromatic carbocycles. The molecule has 0 aromatic rings. The lowest BCUT2D eigenvalue weighted by Crippen LogP contribution is -2.23. The number of ketones is 1. The van der Waals surface area contributed by atoms with Crippen molar-refractivity contribution in [2.24, 2.45) is 11.8 Å². The number of carbonyl (C=O) groups is 1. The lowest BCUT2D eigenvalue weighted by atomic mass is 9.93. The lowest BCUT2D eigenvalue weighted by molar-refractivity contribution is -0.122. The van der Waals surface area contributed by atoms with E-state index in [1.807, 2.05) is 11.8 Å². The van der Waals surface area contributed by atoms with Crippen LogP contribution in [0, 0.1) is 11.8 Å². The molecule has 1 heterocycles. The molecular weight excluding hydrogens is 156 g/mol. The fourth-order valence-corrected chi connectivity index (χ4v) is 2.58. The molecule has 11 heavy (non-hydrogen) atoms. The van der Waals surface area contributed by atoms with Gasteiger partial charge in [-0.25, -0.2) is 0 Å². The van der Waals surface area contributed by atoms with E-state index in [-0.39, 0.29) is 0 Å². The maximum absolute atomic E-state index is 11.3. The molecule has 0 N–H and O–H groups in total. The highest BCUT2D eigenvalue weighted by atomic mass is 32.2. The Labute approximate surface area is 72.9 Å². The third-order valence-electron chi connectivity index (χ3n) is 2.02. The number of thioether (sulfide) groups is 1. The van der Waals surface area contributed by atoms with Crippen LogP contribution in [0.25, 0.3) is 0 Å². The van der Waals surface area contributed by atoms with Gasteiger partial charge in [0.1, 0.15) is 5.78 Å². The first-order valence-electron chi connectivity index (χ1n) is 4.30. The lowest BCUT2D eigenvalue weighted by Gasteiger charge is -2.21. The monoisotopic (exact) mass is 172 g/mol. The highest BCUT2D eigenvalue weighted by Gasteiger charge is 2.22. The van der Waals surface area contributed by atoms with Crippen LogP contribution in [-0.2, 0) is 4.79 Å². The third kappa shape index (κ3) is 2.86. The smallest absolute Gasteiger partial charge is 0.137 e. The summed E-state index contributed by atoms with van der Waals surface area (Å²) in [5, 5.41) is 0. The van der Waals surface area contributed by atoms with Crippen LogP contribution in [0.5, 0.6) is 0 Å². The second-order valence-electron chi connectivity index (χ2n) is 3.62. The Morgan fingerprint density at radius 1 is 1.64 bits per heavy atom. The number of hydrogen-bond donors (Lipinski definition) is 0. The minimum Gasteiger partial charge on any atom is -0.299 e. The molecule has 0 bridgehead atoms. The van der Waals surface area contributed by atoms with Crippen molar-refractivity contribution in [3.05, 3.63) is 0 Å². The number of rotatable bonds is 2. The molecule has 1 aliphatic heterocycles. The van der Waals surface area contributed by atoms with Gasteiger partial charge in [-0.15, -0.1) is 0 Å². The van der Waals surface area contributed by atoms with Crippen LogP contribution in [0.3, 0.4) is 0 Å². The zero-order valence-electron chi connectivity index (χ0n) is 7.30. The molecule has 0 aliphatic carbocycles. The van der Waals surface area contributed by atoms with Gasteiger partial charge in [0.2, 0.25) is 0 Å². The van der Waals surface area contributed by atoms with E-state index >= 15 is 0 Å². The van der Waals surface area contributed by atoms with Crippen LogP contribution in [-0.4, -0.2) is 17.3 Å². The molecule has 1 unspecified atom stereocenters. The number of hydrogen-bond acceptors (Lipinski definition) is 2. The van der Waals surface area contributed by atoms with Crippen molar-refractivity contribution in [3.8, 4) is 0 Å². The van der Waals surface area contributed by atoms with Gasteiger partial charge in [0.05, 0.1) is 0 Å². The van der Waals surface area contributed by atoms with Gasteiger partial charge in [0, 0.05) is 23.8 Å². The zero-order valence-corrected chi connectivity index (χ0v) is 8.12. The van der Waals surface area contributed by atoms with E-state index in [4.69, 9.17) is 0 Å². The minimum absolute atomic E-state index is 0.369. The molecule has 0 radical (unpaired) electrons. The Bertz CT molecular complexity index is 142. The molecule has 0 spiro atoms. The van der Waals surface area contributed by atoms with Crippen molar-refractivity contribution in [2.75, 3.05) is 11.5 Å². The number of Topliss-reactive ketones (excluding diaryl/α,β-unsaturated/α-hetero) is 1. The first-order chi connectivity index (χ1) is 5.20. The first-order valence-corrected chi connectivity index (χ1v) is 5.46. The fraction of sp³-hybridized carbons (Fsp3) is 0.889. The predicted octanol–water partition coefficient (Wildman–Crippen LogP) is 2.35. The van der Waals surface area contributed by atoms with Crippen molar-refractivity contribution in [3.63, 3.8) is 0 Å². The Morgan fingerprint density at radius 2 is 2.36 bits per heavy atom. The molecule has 1 aliphatic rings. The fourth-order valence-electron chi connectivity index (χ4n) is 1.46. The summed E-state index contributed by atoms with van der Waals surface area (Å²) in [5.74, 6) is 3.65. The molecule has 1 rings (SSSR count). The van der Waals surface area contributed by atoms with Gasteiger partial charge in [0.25, 0.3) is 0 Å². The van der Waals surface area contributed by atoms with Crippen LogP contribution in [0.4, 0.5) is 0 Å². The second kappa shape index (κ2) is 4.15. The van der Waals surface area contributed by atoms with Gasteiger partial charge in [0.15, 0.2) is 0 Å². The molecule has 2 heteroatoms. The molecule has 1 nitrogen and oxygen atoms in total. The first kappa shape index (κ1) is 9.11. The standard InChI is InChI=1S/C9H16OS/c1-7(2)5-8-6-11-4-3-9(8)10/h7-8H,3-6H2,1-2H3. The van der Waals surface area contributed by atoms with Crippen LogP contribution in [0.1, 0.15) is 26.7 Å². The summed E-state index contributed by atoms with van der Waals surface area (Å²) < 4.78 is 0. The summed E-state index contributed by atoms with van der Waals surface area (Å²) in [6.45, 7) is 4.37.